The summed E-state index contributed by atoms with van der Waals surface area (Å²) in [5, 5.41) is 0. The van der Waals surface area contributed by atoms with Crippen molar-refractivity contribution in [1.82, 2.24) is 19.5 Å². The van der Waals surface area contributed by atoms with Crippen molar-refractivity contribution >= 4 is 52.5 Å². The van der Waals surface area contributed by atoms with Crippen LogP contribution in [-0.2, 0) is 19.2 Å². The van der Waals surface area contributed by atoms with Gasteiger partial charge in [0.2, 0.25) is 35.5 Å². The molecule has 26 heavy (non-hydrogen) atoms. The van der Waals surface area contributed by atoms with Gasteiger partial charge in [-0.3, -0.25) is 28.5 Å². The fourth-order valence-corrected chi connectivity index (χ4v) is 2.38. The van der Waals surface area contributed by atoms with Gasteiger partial charge in [0.25, 0.3) is 0 Å². The second-order valence-corrected chi connectivity index (χ2v) is 5.40. The number of amides is 4. The maximum Gasteiger partial charge on any atom is 0.243 e. The van der Waals surface area contributed by atoms with E-state index in [1.54, 1.807) is 0 Å². The molecule has 136 valence electrons. The van der Waals surface area contributed by atoms with Gasteiger partial charge < -0.3 is 0 Å². The Morgan fingerprint density at radius 2 is 1.31 bits per heavy atom. The molecular formula is C15H16N6O5. The molecule has 0 saturated heterocycles. The first-order valence-electron chi connectivity index (χ1n) is 7.44. The van der Waals surface area contributed by atoms with Crippen LogP contribution in [0.15, 0.2) is 6.33 Å². The molecule has 2 aromatic heterocycles. The first-order chi connectivity index (χ1) is 12.1. The van der Waals surface area contributed by atoms with Crippen LogP contribution in [0.1, 0.15) is 39.4 Å². The molecule has 0 aromatic carbocycles. The Balaban J connectivity index is 2.92. The Morgan fingerprint density at radius 1 is 0.808 bits per heavy atom. The van der Waals surface area contributed by atoms with Crippen LogP contribution in [0.5, 0.6) is 0 Å². The summed E-state index contributed by atoms with van der Waals surface area (Å²) in [6, 6.07) is 0. The molecule has 2 aromatic rings. The van der Waals surface area contributed by atoms with Crippen molar-refractivity contribution in [2.75, 3.05) is 9.80 Å². The highest BCUT2D eigenvalue weighted by molar-refractivity contribution is 6.17. The molecular weight excluding hydrogens is 344 g/mol. The lowest BCUT2D eigenvalue weighted by Crippen LogP contribution is -2.37. The SMILES string of the molecule is CC(=O)N(C(C)=O)c1nc(N(C(C)=O)C(C)=O)c2ncn(C(C)=O)c2n1. The van der Waals surface area contributed by atoms with Crippen LogP contribution in [-0.4, -0.2) is 49.1 Å². The van der Waals surface area contributed by atoms with Gasteiger partial charge in [0, 0.05) is 34.6 Å². The van der Waals surface area contributed by atoms with Crippen molar-refractivity contribution in [2.45, 2.75) is 34.6 Å². The second-order valence-electron chi connectivity index (χ2n) is 5.40. The standard InChI is InChI=1S/C15H16N6O5/c1-7(22)19-6-16-12-13(19)17-15(21(10(4)25)11(5)26)18-14(12)20(8(2)23)9(3)24/h6H,1-5H3. The van der Waals surface area contributed by atoms with E-state index in [1.165, 1.54) is 6.92 Å². The molecule has 0 unspecified atom stereocenters. The first-order valence-corrected chi connectivity index (χ1v) is 7.44. The Hall–Kier alpha value is -3.50. The zero-order valence-corrected chi connectivity index (χ0v) is 14.8. The van der Waals surface area contributed by atoms with Crippen molar-refractivity contribution in [3.63, 3.8) is 0 Å². The average molecular weight is 360 g/mol. The number of carbonyl (C=O) groups is 5. The van der Waals surface area contributed by atoms with Crippen LogP contribution in [0.4, 0.5) is 11.8 Å². The maximum absolute atomic E-state index is 11.9. The molecule has 0 aliphatic heterocycles. The van der Waals surface area contributed by atoms with Crippen molar-refractivity contribution in [3.8, 4) is 0 Å². The predicted octanol–water partition coefficient (Wildman–Crippen LogP) is 0.285. The van der Waals surface area contributed by atoms with Crippen molar-refractivity contribution < 1.29 is 24.0 Å². The number of rotatable bonds is 2. The van der Waals surface area contributed by atoms with Crippen molar-refractivity contribution in [2.24, 2.45) is 0 Å². The molecule has 0 N–H and O–H groups in total. The summed E-state index contributed by atoms with van der Waals surface area (Å²) in [4.78, 5) is 72.7. The third-order valence-corrected chi connectivity index (χ3v) is 3.38. The number of carbonyl (C=O) groups excluding carboxylic acids is 5. The van der Waals surface area contributed by atoms with Crippen LogP contribution < -0.4 is 9.80 Å². The molecule has 2 rings (SSSR count). The van der Waals surface area contributed by atoms with Gasteiger partial charge >= 0.3 is 0 Å². The molecule has 0 radical (unpaired) electrons. The fraction of sp³-hybridized carbons (Fsp3) is 0.333. The number of anilines is 2. The van der Waals surface area contributed by atoms with E-state index in [-0.39, 0.29) is 22.9 Å². The van der Waals surface area contributed by atoms with E-state index >= 15 is 0 Å². The van der Waals surface area contributed by atoms with E-state index in [2.05, 4.69) is 15.0 Å². The molecule has 2 heterocycles. The van der Waals surface area contributed by atoms with Gasteiger partial charge in [0.15, 0.2) is 17.0 Å². The predicted molar refractivity (Wildman–Crippen MR) is 89.3 cm³/mol. The van der Waals surface area contributed by atoms with Crippen molar-refractivity contribution in [1.29, 1.82) is 0 Å². The van der Waals surface area contributed by atoms with Gasteiger partial charge in [-0.1, -0.05) is 0 Å². The highest BCUT2D eigenvalue weighted by Crippen LogP contribution is 2.26. The van der Waals surface area contributed by atoms with Gasteiger partial charge in [-0.05, 0) is 0 Å². The lowest BCUT2D eigenvalue weighted by atomic mass is 10.4. The summed E-state index contributed by atoms with van der Waals surface area (Å²) < 4.78 is 1.06. The summed E-state index contributed by atoms with van der Waals surface area (Å²) in [7, 11) is 0. The number of nitrogens with zero attached hydrogens (tertiary/aromatic N) is 6. The molecule has 0 atom stereocenters. The second kappa shape index (κ2) is 6.78. The minimum Gasteiger partial charge on any atom is -0.274 e. The third kappa shape index (κ3) is 3.18. The molecule has 0 aliphatic rings. The minimum atomic E-state index is -0.672. The van der Waals surface area contributed by atoms with Gasteiger partial charge in [-0.2, -0.15) is 9.97 Å². The van der Waals surface area contributed by atoms with E-state index in [0.717, 1.165) is 43.5 Å². The molecule has 0 saturated carbocycles. The summed E-state index contributed by atoms with van der Waals surface area (Å²) >= 11 is 0. The number of fused-ring (bicyclic) bond motifs is 1. The molecule has 0 spiro atoms. The Kier molecular flexibility index (Phi) is 4.91. The number of aromatic nitrogens is 4. The molecule has 4 amide bonds. The molecule has 11 heteroatoms. The number of imide groups is 2. The highest BCUT2D eigenvalue weighted by Gasteiger charge is 2.28. The Bertz CT molecular complexity index is 935. The summed E-state index contributed by atoms with van der Waals surface area (Å²) in [5.41, 5.74) is -0.0427. The van der Waals surface area contributed by atoms with Crippen LogP contribution in [0.3, 0.4) is 0 Å². The molecule has 0 aliphatic carbocycles. The smallest absolute Gasteiger partial charge is 0.243 e. The fourth-order valence-electron chi connectivity index (χ4n) is 2.38. The monoisotopic (exact) mass is 360 g/mol. The molecule has 11 nitrogen and oxygen atoms in total. The lowest BCUT2D eigenvalue weighted by Gasteiger charge is -2.20. The van der Waals surface area contributed by atoms with E-state index < -0.39 is 29.5 Å². The average Bonchev–Trinajstić information content (AvgIpc) is 2.89. The minimum absolute atomic E-state index is 0.00130. The quantitative estimate of drug-likeness (QED) is 0.745. The topological polar surface area (TPSA) is 135 Å². The summed E-state index contributed by atoms with van der Waals surface area (Å²) in [6.07, 6.45) is 1.15. The van der Waals surface area contributed by atoms with Gasteiger partial charge in [0.05, 0.1) is 0 Å². The zero-order chi connectivity index (χ0) is 19.8. The van der Waals surface area contributed by atoms with E-state index in [9.17, 15) is 24.0 Å². The highest BCUT2D eigenvalue weighted by atomic mass is 16.2. The first kappa shape index (κ1) is 18.8. The molecule has 0 fully saturated rings. The summed E-state index contributed by atoms with van der Waals surface area (Å²) in [6.45, 7) is 5.80. The largest absolute Gasteiger partial charge is 0.274 e. The normalized spacial score (nSPS) is 10.5. The van der Waals surface area contributed by atoms with Crippen LogP contribution in [0.25, 0.3) is 11.2 Å². The number of hydrogen-bond donors (Lipinski definition) is 0. The Morgan fingerprint density at radius 3 is 1.73 bits per heavy atom. The van der Waals surface area contributed by atoms with Crippen molar-refractivity contribution in [3.05, 3.63) is 6.33 Å². The lowest BCUT2D eigenvalue weighted by molar-refractivity contribution is -0.125. The van der Waals surface area contributed by atoms with E-state index in [4.69, 9.17) is 0 Å². The Labute approximate surface area is 147 Å². The third-order valence-electron chi connectivity index (χ3n) is 3.38. The van der Waals surface area contributed by atoms with Crippen LogP contribution in [0.2, 0.25) is 0 Å². The van der Waals surface area contributed by atoms with E-state index in [0.29, 0.717) is 4.90 Å². The van der Waals surface area contributed by atoms with Gasteiger partial charge in [0.1, 0.15) is 6.33 Å². The van der Waals surface area contributed by atoms with Crippen LogP contribution in [0, 0.1) is 0 Å². The number of imidazole rings is 1. The van der Waals surface area contributed by atoms with Gasteiger partial charge in [-0.15, -0.1) is 0 Å². The van der Waals surface area contributed by atoms with E-state index in [1.807, 2.05) is 0 Å². The summed E-state index contributed by atoms with van der Waals surface area (Å²) in [5.74, 6) is -3.70. The number of hydrogen-bond acceptors (Lipinski definition) is 8. The zero-order valence-electron chi connectivity index (χ0n) is 14.8. The van der Waals surface area contributed by atoms with Crippen LogP contribution >= 0.6 is 0 Å². The molecule has 0 bridgehead atoms. The maximum atomic E-state index is 11.9. The van der Waals surface area contributed by atoms with Gasteiger partial charge in [-0.25, -0.2) is 14.8 Å².